The molecule has 1 rings (SSSR count). The molecule has 3 nitrogen and oxygen atoms in total. The van der Waals surface area contributed by atoms with Crippen molar-refractivity contribution >= 4 is 5.97 Å². The molecule has 0 unspecified atom stereocenters. The van der Waals surface area contributed by atoms with Crippen LogP contribution in [0.15, 0.2) is 12.1 Å². The molecule has 3 heteroatoms. The molecule has 0 saturated carbocycles. The summed E-state index contributed by atoms with van der Waals surface area (Å²) in [5.41, 5.74) is 2.33. The van der Waals surface area contributed by atoms with E-state index in [4.69, 9.17) is 5.11 Å². The molecule has 2 N–H and O–H groups in total. The number of aromatic hydroxyl groups is 1. The Balaban J connectivity index is 3.23. The molecule has 0 aliphatic carbocycles. The third-order valence-corrected chi connectivity index (χ3v) is 3.08. The average molecular weight is 222 g/mol. The van der Waals surface area contributed by atoms with Crippen molar-refractivity contribution in [2.75, 3.05) is 0 Å². The Labute approximate surface area is 95.7 Å². The van der Waals surface area contributed by atoms with Gasteiger partial charge < -0.3 is 10.2 Å². The highest BCUT2D eigenvalue weighted by atomic mass is 16.4. The summed E-state index contributed by atoms with van der Waals surface area (Å²) in [5.74, 6) is -0.553. The second-order valence-corrected chi connectivity index (χ2v) is 4.84. The van der Waals surface area contributed by atoms with E-state index in [1.807, 2.05) is 27.7 Å². The van der Waals surface area contributed by atoms with Crippen LogP contribution in [0.3, 0.4) is 0 Å². The molecule has 0 aliphatic heterocycles. The van der Waals surface area contributed by atoms with Gasteiger partial charge >= 0.3 is 5.97 Å². The Kier molecular flexibility index (Phi) is 3.27. The summed E-state index contributed by atoms with van der Waals surface area (Å²) in [6.45, 7) is 7.55. The molecule has 88 valence electrons. The fourth-order valence-corrected chi connectivity index (χ4v) is 2.01. The number of carboxylic acids is 1. The van der Waals surface area contributed by atoms with Gasteiger partial charge in [-0.05, 0) is 36.6 Å². The number of carbonyl (C=O) groups is 1. The molecule has 0 aliphatic rings. The predicted octanol–water partition coefficient (Wildman–Crippen LogP) is 2.76. The van der Waals surface area contributed by atoms with Crippen molar-refractivity contribution in [3.63, 3.8) is 0 Å². The van der Waals surface area contributed by atoms with Gasteiger partial charge in [0.1, 0.15) is 5.75 Å². The van der Waals surface area contributed by atoms with E-state index in [-0.39, 0.29) is 12.2 Å². The Hall–Kier alpha value is -1.51. The lowest BCUT2D eigenvalue weighted by Crippen LogP contribution is -2.23. The van der Waals surface area contributed by atoms with Crippen molar-refractivity contribution in [3.05, 3.63) is 28.8 Å². The van der Waals surface area contributed by atoms with Gasteiger partial charge in [0.25, 0.3) is 0 Å². The van der Waals surface area contributed by atoms with E-state index in [2.05, 4.69) is 0 Å². The standard InChI is InChI=1S/C13H18O3/c1-8-9(2)11(14)6-5-10(8)13(3,4)7-12(15)16/h5-6,14H,7H2,1-4H3,(H,15,16). The Bertz CT molecular complexity index is 419. The quantitative estimate of drug-likeness (QED) is 0.826. The fraction of sp³-hybridized carbons (Fsp3) is 0.462. The van der Waals surface area contributed by atoms with Gasteiger partial charge in [-0.3, -0.25) is 4.79 Å². The molecule has 0 fully saturated rings. The van der Waals surface area contributed by atoms with Gasteiger partial charge in [-0.15, -0.1) is 0 Å². The van der Waals surface area contributed by atoms with Gasteiger partial charge in [-0.25, -0.2) is 0 Å². The molecule has 0 heterocycles. The Morgan fingerprint density at radius 3 is 2.31 bits per heavy atom. The Morgan fingerprint density at radius 2 is 1.81 bits per heavy atom. The smallest absolute Gasteiger partial charge is 0.304 e. The molecule has 1 aromatic carbocycles. The van der Waals surface area contributed by atoms with Crippen LogP contribution in [0, 0.1) is 13.8 Å². The van der Waals surface area contributed by atoms with Crippen LogP contribution in [0.2, 0.25) is 0 Å². The highest BCUT2D eigenvalue weighted by Gasteiger charge is 2.26. The highest BCUT2D eigenvalue weighted by Crippen LogP contribution is 2.33. The zero-order valence-electron chi connectivity index (χ0n) is 10.2. The molecular formula is C13H18O3. The van der Waals surface area contributed by atoms with Gasteiger partial charge in [0, 0.05) is 5.41 Å². The first kappa shape index (κ1) is 12.6. The van der Waals surface area contributed by atoms with Crippen molar-refractivity contribution in [1.29, 1.82) is 0 Å². The summed E-state index contributed by atoms with van der Waals surface area (Å²) in [6.07, 6.45) is 0.0814. The summed E-state index contributed by atoms with van der Waals surface area (Å²) >= 11 is 0. The minimum Gasteiger partial charge on any atom is -0.508 e. The number of phenolic OH excluding ortho intramolecular Hbond substituents is 1. The van der Waals surface area contributed by atoms with Gasteiger partial charge in [0.2, 0.25) is 0 Å². The van der Waals surface area contributed by atoms with E-state index in [9.17, 15) is 9.90 Å². The van der Waals surface area contributed by atoms with Crippen molar-refractivity contribution in [1.82, 2.24) is 0 Å². The van der Waals surface area contributed by atoms with E-state index in [0.29, 0.717) is 0 Å². The molecule has 0 spiro atoms. The minimum atomic E-state index is -0.810. The summed E-state index contributed by atoms with van der Waals surface area (Å²) in [5, 5.41) is 18.4. The average Bonchev–Trinajstić information content (AvgIpc) is 2.11. The van der Waals surface area contributed by atoms with Crippen LogP contribution < -0.4 is 0 Å². The highest BCUT2D eigenvalue weighted by molar-refractivity contribution is 5.69. The first-order valence-corrected chi connectivity index (χ1v) is 5.27. The number of benzene rings is 1. The second-order valence-electron chi connectivity index (χ2n) is 4.84. The van der Waals surface area contributed by atoms with Gasteiger partial charge in [-0.1, -0.05) is 19.9 Å². The summed E-state index contributed by atoms with van der Waals surface area (Å²) in [4.78, 5) is 10.8. The monoisotopic (exact) mass is 222 g/mol. The number of hydrogen-bond donors (Lipinski definition) is 2. The first-order chi connectivity index (χ1) is 7.25. The van der Waals surface area contributed by atoms with Gasteiger partial charge in [0.05, 0.1) is 6.42 Å². The second kappa shape index (κ2) is 4.16. The van der Waals surface area contributed by atoms with Crippen LogP contribution in [0.5, 0.6) is 5.75 Å². The van der Waals surface area contributed by atoms with Crippen LogP contribution in [-0.2, 0) is 10.2 Å². The van der Waals surface area contributed by atoms with Crippen LogP contribution in [0.25, 0.3) is 0 Å². The number of rotatable bonds is 3. The molecule has 0 bridgehead atoms. The first-order valence-electron chi connectivity index (χ1n) is 5.27. The van der Waals surface area contributed by atoms with E-state index < -0.39 is 11.4 Å². The number of aliphatic carboxylic acids is 1. The molecule has 0 aromatic heterocycles. The molecule has 16 heavy (non-hydrogen) atoms. The molecular weight excluding hydrogens is 204 g/mol. The fourth-order valence-electron chi connectivity index (χ4n) is 2.01. The summed E-state index contributed by atoms with van der Waals surface area (Å²) in [7, 11) is 0. The van der Waals surface area contributed by atoms with Crippen LogP contribution >= 0.6 is 0 Å². The number of hydrogen-bond acceptors (Lipinski definition) is 2. The zero-order valence-corrected chi connectivity index (χ0v) is 10.2. The summed E-state index contributed by atoms with van der Waals surface area (Å²) < 4.78 is 0. The summed E-state index contributed by atoms with van der Waals surface area (Å²) in [6, 6.07) is 3.43. The molecule has 0 saturated heterocycles. The maximum atomic E-state index is 10.8. The normalized spacial score (nSPS) is 11.5. The van der Waals surface area contributed by atoms with Crippen molar-refractivity contribution in [3.8, 4) is 5.75 Å². The topological polar surface area (TPSA) is 57.5 Å². The lowest BCUT2D eigenvalue weighted by atomic mass is 9.78. The predicted molar refractivity (Wildman–Crippen MR) is 62.9 cm³/mol. The number of phenols is 1. The Morgan fingerprint density at radius 1 is 1.25 bits per heavy atom. The maximum Gasteiger partial charge on any atom is 0.304 e. The lowest BCUT2D eigenvalue weighted by Gasteiger charge is -2.26. The molecule has 0 amide bonds. The van der Waals surface area contributed by atoms with E-state index in [0.717, 1.165) is 16.7 Å². The minimum absolute atomic E-state index is 0.0814. The lowest BCUT2D eigenvalue weighted by molar-refractivity contribution is -0.138. The van der Waals surface area contributed by atoms with Crippen molar-refractivity contribution in [2.24, 2.45) is 0 Å². The zero-order chi connectivity index (χ0) is 12.5. The molecule has 0 atom stereocenters. The molecule has 0 radical (unpaired) electrons. The van der Waals surface area contributed by atoms with Crippen LogP contribution in [0.4, 0.5) is 0 Å². The van der Waals surface area contributed by atoms with Crippen LogP contribution in [-0.4, -0.2) is 16.2 Å². The number of carboxylic acid groups (broad SMARTS) is 1. The van der Waals surface area contributed by atoms with E-state index in [1.54, 1.807) is 12.1 Å². The van der Waals surface area contributed by atoms with Crippen LogP contribution in [0.1, 0.15) is 37.0 Å². The van der Waals surface area contributed by atoms with Crippen molar-refractivity contribution in [2.45, 2.75) is 39.5 Å². The maximum absolute atomic E-state index is 10.8. The van der Waals surface area contributed by atoms with Gasteiger partial charge in [-0.2, -0.15) is 0 Å². The third kappa shape index (κ3) is 2.35. The molecule has 1 aromatic rings. The largest absolute Gasteiger partial charge is 0.508 e. The van der Waals surface area contributed by atoms with E-state index in [1.165, 1.54) is 0 Å². The van der Waals surface area contributed by atoms with E-state index >= 15 is 0 Å². The van der Waals surface area contributed by atoms with Gasteiger partial charge in [0.15, 0.2) is 0 Å². The third-order valence-electron chi connectivity index (χ3n) is 3.08. The van der Waals surface area contributed by atoms with Crippen molar-refractivity contribution < 1.29 is 15.0 Å². The SMILES string of the molecule is Cc1c(O)ccc(C(C)(C)CC(=O)O)c1C.